The van der Waals surface area contributed by atoms with E-state index in [1.165, 1.54) is 0 Å². The Kier molecular flexibility index (Phi) is 3.15. The molecule has 0 amide bonds. The van der Waals surface area contributed by atoms with Crippen molar-refractivity contribution in [2.24, 2.45) is 5.84 Å². The highest BCUT2D eigenvalue weighted by atomic mass is 15.2. The summed E-state index contributed by atoms with van der Waals surface area (Å²) in [6.45, 7) is 1.89. The van der Waals surface area contributed by atoms with E-state index in [2.05, 4.69) is 5.43 Å². The lowest BCUT2D eigenvalue weighted by atomic mass is 10.7. The monoisotopic (exact) mass is 72.1 g/mol. The lowest BCUT2D eigenvalue weighted by molar-refractivity contribution is 0.965. The maximum absolute atomic E-state index is 4.80. The summed E-state index contributed by atoms with van der Waals surface area (Å²) >= 11 is 0. The van der Waals surface area contributed by atoms with Gasteiger partial charge in [-0.1, -0.05) is 6.08 Å². The Morgan fingerprint density at radius 3 is 2.40 bits per heavy atom. The zero-order valence-electron chi connectivity index (χ0n) is 3.23. The molecule has 0 fully saturated rings. The Labute approximate surface area is 31.6 Å². The van der Waals surface area contributed by atoms with Crippen LogP contribution in [0.4, 0.5) is 0 Å². The third-order valence-electron chi connectivity index (χ3n) is 0.263. The average molecular weight is 72.1 g/mol. The molecule has 2 heteroatoms. The van der Waals surface area contributed by atoms with Gasteiger partial charge in [-0.05, 0) is 6.92 Å². The highest BCUT2D eigenvalue weighted by Crippen LogP contribution is 1.51. The van der Waals surface area contributed by atoms with Crippen LogP contribution in [0, 0.1) is 0 Å². The maximum atomic E-state index is 4.80. The summed E-state index contributed by atoms with van der Waals surface area (Å²) < 4.78 is 0. The largest absolute Gasteiger partial charge is 0.332 e. The van der Waals surface area contributed by atoms with Crippen molar-refractivity contribution in [2.75, 3.05) is 0 Å². The zero-order chi connectivity index (χ0) is 4.12. The van der Waals surface area contributed by atoms with Crippen LogP contribution >= 0.6 is 0 Å². The molecule has 0 unspecified atom stereocenters. The molecule has 0 aromatic carbocycles. The molecule has 0 spiro atoms. The second-order valence-corrected chi connectivity index (χ2v) is 0.667. The van der Waals surface area contributed by atoms with Crippen LogP contribution in [0.1, 0.15) is 6.92 Å². The van der Waals surface area contributed by atoms with Crippen molar-refractivity contribution < 1.29 is 0 Å². The second-order valence-electron chi connectivity index (χ2n) is 0.667. The first-order valence-corrected chi connectivity index (χ1v) is 1.49. The summed E-state index contributed by atoms with van der Waals surface area (Å²) in [6.07, 6.45) is 3.47. The van der Waals surface area contributed by atoms with E-state index in [-0.39, 0.29) is 0 Å². The van der Waals surface area contributed by atoms with E-state index >= 15 is 0 Å². The highest BCUT2D eigenvalue weighted by Gasteiger charge is 1.45. The molecular formula is C3H8N2. The molecule has 30 valence electrons. The summed E-state index contributed by atoms with van der Waals surface area (Å²) in [5.41, 5.74) is 2.34. The topological polar surface area (TPSA) is 38.0 Å². The van der Waals surface area contributed by atoms with Crippen LogP contribution < -0.4 is 11.3 Å². The first-order chi connectivity index (χ1) is 2.41. The van der Waals surface area contributed by atoms with Crippen molar-refractivity contribution in [3.05, 3.63) is 12.3 Å². The van der Waals surface area contributed by atoms with Crippen LogP contribution in [-0.4, -0.2) is 0 Å². The van der Waals surface area contributed by atoms with E-state index in [0.717, 1.165) is 0 Å². The Morgan fingerprint density at radius 2 is 2.40 bits per heavy atom. The van der Waals surface area contributed by atoms with Gasteiger partial charge in [0, 0.05) is 6.20 Å². The summed E-state index contributed by atoms with van der Waals surface area (Å²) in [6, 6.07) is 0. The van der Waals surface area contributed by atoms with Crippen LogP contribution in [0.3, 0.4) is 0 Å². The number of hydrogen-bond donors (Lipinski definition) is 2. The number of allylic oxidation sites excluding steroid dienone is 1. The van der Waals surface area contributed by atoms with E-state index in [4.69, 9.17) is 5.84 Å². The van der Waals surface area contributed by atoms with E-state index in [0.29, 0.717) is 0 Å². The minimum Gasteiger partial charge on any atom is -0.332 e. The van der Waals surface area contributed by atoms with Gasteiger partial charge in [0.05, 0.1) is 0 Å². The third kappa shape index (κ3) is 3.50. The molecule has 0 saturated carbocycles. The quantitative estimate of drug-likeness (QED) is 0.337. The number of hydrogen-bond acceptors (Lipinski definition) is 2. The van der Waals surface area contributed by atoms with E-state index in [1.54, 1.807) is 6.20 Å². The average Bonchev–Trinajstić information content (AvgIpc) is 1.41. The third-order valence-corrected chi connectivity index (χ3v) is 0.263. The molecule has 0 atom stereocenters. The zero-order valence-corrected chi connectivity index (χ0v) is 3.23. The minimum absolute atomic E-state index is 1.65. The normalized spacial score (nSPS) is 9.20. The molecule has 0 rings (SSSR count). The molecule has 0 aromatic heterocycles. The molecule has 0 heterocycles. The van der Waals surface area contributed by atoms with Crippen LogP contribution in [0.15, 0.2) is 12.3 Å². The van der Waals surface area contributed by atoms with Crippen molar-refractivity contribution >= 4 is 0 Å². The number of nitrogens with two attached hydrogens (primary N) is 1. The number of rotatable bonds is 1. The van der Waals surface area contributed by atoms with Crippen LogP contribution in [-0.2, 0) is 0 Å². The Balaban J connectivity index is 2.62. The summed E-state index contributed by atoms with van der Waals surface area (Å²) in [5.74, 6) is 4.80. The summed E-state index contributed by atoms with van der Waals surface area (Å²) in [5, 5.41) is 0. The summed E-state index contributed by atoms with van der Waals surface area (Å²) in [7, 11) is 0. The Bertz CT molecular complexity index is 31.9. The fraction of sp³-hybridized carbons (Fsp3) is 0.333. The summed E-state index contributed by atoms with van der Waals surface area (Å²) in [4.78, 5) is 0. The standard InChI is InChI=1S/C3H8N2/c1-2-3-5-4/h2-3,5H,4H2,1H3/b3-2-. The van der Waals surface area contributed by atoms with Gasteiger partial charge in [0.25, 0.3) is 0 Å². The molecule has 3 N–H and O–H groups in total. The molecular weight excluding hydrogens is 64.0 g/mol. The molecule has 0 aromatic rings. The number of nitrogens with one attached hydrogen (secondary N) is 1. The van der Waals surface area contributed by atoms with Crippen LogP contribution in [0.5, 0.6) is 0 Å². The fourth-order valence-electron chi connectivity index (χ4n) is 0.0962. The Hall–Kier alpha value is -0.500. The van der Waals surface area contributed by atoms with Gasteiger partial charge in [-0.2, -0.15) is 0 Å². The van der Waals surface area contributed by atoms with Crippen molar-refractivity contribution in [3.63, 3.8) is 0 Å². The lowest BCUT2D eigenvalue weighted by Gasteiger charge is -1.76. The molecule has 0 aliphatic carbocycles. The van der Waals surface area contributed by atoms with Gasteiger partial charge >= 0.3 is 0 Å². The Morgan fingerprint density at radius 1 is 1.80 bits per heavy atom. The minimum atomic E-state index is 1.65. The molecule has 0 aliphatic rings. The second kappa shape index (κ2) is 3.50. The van der Waals surface area contributed by atoms with E-state index < -0.39 is 0 Å². The lowest BCUT2D eigenvalue weighted by Crippen LogP contribution is -2.12. The number of hydrazine groups is 1. The van der Waals surface area contributed by atoms with E-state index in [9.17, 15) is 0 Å². The molecule has 2 nitrogen and oxygen atoms in total. The van der Waals surface area contributed by atoms with Gasteiger partial charge in [0.2, 0.25) is 0 Å². The van der Waals surface area contributed by atoms with Gasteiger partial charge in [-0.25, -0.2) is 0 Å². The van der Waals surface area contributed by atoms with Gasteiger partial charge in [0.15, 0.2) is 0 Å². The van der Waals surface area contributed by atoms with Gasteiger partial charge in [-0.15, -0.1) is 0 Å². The van der Waals surface area contributed by atoms with Gasteiger partial charge < -0.3 is 5.43 Å². The van der Waals surface area contributed by atoms with Crippen LogP contribution in [0.25, 0.3) is 0 Å². The van der Waals surface area contributed by atoms with Crippen LogP contribution in [0.2, 0.25) is 0 Å². The fourth-order valence-corrected chi connectivity index (χ4v) is 0.0962. The van der Waals surface area contributed by atoms with Gasteiger partial charge in [0.1, 0.15) is 0 Å². The van der Waals surface area contributed by atoms with Crippen molar-refractivity contribution in [3.8, 4) is 0 Å². The molecule has 0 bridgehead atoms. The molecule has 0 aliphatic heterocycles. The van der Waals surface area contributed by atoms with E-state index in [1.807, 2.05) is 13.0 Å². The molecule has 0 saturated heterocycles. The smallest absolute Gasteiger partial charge is 0.00798 e. The first-order valence-electron chi connectivity index (χ1n) is 1.49. The predicted octanol–water partition coefficient (Wildman–Crippen LogP) is -0.0167. The van der Waals surface area contributed by atoms with Gasteiger partial charge in [-0.3, -0.25) is 5.84 Å². The molecule has 0 radical (unpaired) electrons. The first kappa shape index (κ1) is 4.50. The van der Waals surface area contributed by atoms with Crippen molar-refractivity contribution in [1.82, 2.24) is 5.43 Å². The van der Waals surface area contributed by atoms with Crippen molar-refractivity contribution in [2.45, 2.75) is 6.92 Å². The highest BCUT2D eigenvalue weighted by molar-refractivity contribution is 4.69. The predicted molar refractivity (Wildman–Crippen MR) is 22.1 cm³/mol. The molecule has 5 heavy (non-hydrogen) atoms. The SMILES string of the molecule is C/C=C\NN. The van der Waals surface area contributed by atoms with Crippen molar-refractivity contribution in [1.29, 1.82) is 0 Å². The maximum Gasteiger partial charge on any atom is 0.00798 e.